The molecule has 1 aliphatic rings. The summed E-state index contributed by atoms with van der Waals surface area (Å²) in [5.41, 5.74) is 3.02. The van der Waals surface area contributed by atoms with Crippen molar-refractivity contribution in [3.05, 3.63) is 107 Å². The quantitative estimate of drug-likeness (QED) is 0.371. The van der Waals surface area contributed by atoms with Crippen molar-refractivity contribution in [1.29, 1.82) is 0 Å². The van der Waals surface area contributed by atoms with Gasteiger partial charge in [0.15, 0.2) is 10.9 Å². The molecule has 0 bridgehead atoms. The Morgan fingerprint density at radius 2 is 1.61 bits per heavy atom. The van der Waals surface area contributed by atoms with Crippen LogP contribution in [0.5, 0.6) is 0 Å². The average Bonchev–Trinajstić information content (AvgIpc) is 2.86. The summed E-state index contributed by atoms with van der Waals surface area (Å²) in [5, 5.41) is 4.42. The van der Waals surface area contributed by atoms with Gasteiger partial charge in [-0.3, -0.25) is 9.69 Å². The highest BCUT2D eigenvalue weighted by Gasteiger charge is 2.20. The van der Waals surface area contributed by atoms with Crippen molar-refractivity contribution >= 4 is 46.5 Å². The van der Waals surface area contributed by atoms with Crippen molar-refractivity contribution in [2.75, 3.05) is 38.0 Å². The number of thiocarbonyl (C=S) groups is 1. The van der Waals surface area contributed by atoms with Gasteiger partial charge in [-0.2, -0.15) is 0 Å². The van der Waals surface area contributed by atoms with E-state index in [9.17, 15) is 4.79 Å². The number of nitrogens with one attached hydrogen (secondary N) is 1. The number of ketones is 1. The van der Waals surface area contributed by atoms with E-state index in [2.05, 4.69) is 39.4 Å². The highest BCUT2D eigenvalue weighted by atomic mass is 35.5. The van der Waals surface area contributed by atoms with Gasteiger partial charge in [0.25, 0.3) is 0 Å². The number of piperazine rings is 1. The van der Waals surface area contributed by atoms with Crippen LogP contribution >= 0.6 is 23.8 Å². The van der Waals surface area contributed by atoms with Crippen LogP contribution < -0.4 is 5.32 Å². The van der Waals surface area contributed by atoms with Crippen molar-refractivity contribution in [1.82, 2.24) is 9.80 Å². The third-order valence-electron chi connectivity index (χ3n) is 5.64. The van der Waals surface area contributed by atoms with Crippen LogP contribution in [0.2, 0.25) is 5.02 Å². The van der Waals surface area contributed by atoms with Gasteiger partial charge in [-0.05, 0) is 36.0 Å². The molecule has 0 aromatic heterocycles. The Bertz CT molecular complexity index is 1130. The van der Waals surface area contributed by atoms with E-state index in [0.29, 0.717) is 26.9 Å². The molecule has 4 nitrogen and oxygen atoms in total. The maximum atomic E-state index is 13.1. The molecule has 3 aromatic rings. The number of carbonyl (C=O) groups excluding carboxylic acids is 1. The van der Waals surface area contributed by atoms with E-state index in [0.717, 1.165) is 32.7 Å². The SMILES string of the molecule is O=C(c1ccccc1)c1cc(Cl)ccc1NC(=S)N1CCN(C/C=C/c2ccccc2)CC1. The number of rotatable bonds is 6. The molecule has 1 N–H and O–H groups in total. The lowest BCUT2D eigenvalue weighted by molar-refractivity contribution is 0.103. The Morgan fingerprint density at radius 1 is 0.939 bits per heavy atom. The summed E-state index contributed by atoms with van der Waals surface area (Å²) in [5.74, 6) is -0.0848. The maximum Gasteiger partial charge on any atom is 0.195 e. The van der Waals surface area contributed by atoms with E-state index in [1.54, 1.807) is 24.3 Å². The molecule has 0 saturated carbocycles. The Balaban J connectivity index is 1.35. The number of hydrogen-bond donors (Lipinski definition) is 1. The minimum Gasteiger partial charge on any atom is -0.346 e. The second-order valence-corrected chi connectivity index (χ2v) is 8.74. The van der Waals surface area contributed by atoms with E-state index in [4.69, 9.17) is 23.8 Å². The summed E-state index contributed by atoms with van der Waals surface area (Å²) < 4.78 is 0. The van der Waals surface area contributed by atoms with Gasteiger partial charge < -0.3 is 10.2 Å². The molecule has 0 aliphatic carbocycles. The third kappa shape index (κ3) is 6.29. The van der Waals surface area contributed by atoms with Crippen LogP contribution in [0.4, 0.5) is 5.69 Å². The molecule has 0 spiro atoms. The van der Waals surface area contributed by atoms with Gasteiger partial charge in [-0.15, -0.1) is 0 Å². The molecule has 1 heterocycles. The Labute approximate surface area is 205 Å². The zero-order valence-corrected chi connectivity index (χ0v) is 19.9. The minimum absolute atomic E-state index is 0.0848. The molecule has 4 rings (SSSR count). The highest BCUT2D eigenvalue weighted by molar-refractivity contribution is 7.80. The lowest BCUT2D eigenvalue weighted by Gasteiger charge is -2.35. The Morgan fingerprint density at radius 3 is 2.30 bits per heavy atom. The Hall–Kier alpha value is -2.99. The van der Waals surface area contributed by atoms with E-state index in [1.807, 2.05) is 42.5 Å². The van der Waals surface area contributed by atoms with Gasteiger partial charge in [0, 0.05) is 48.9 Å². The maximum absolute atomic E-state index is 13.1. The van der Waals surface area contributed by atoms with Crippen molar-refractivity contribution in [3.63, 3.8) is 0 Å². The van der Waals surface area contributed by atoms with Crippen LogP contribution in [0, 0.1) is 0 Å². The number of benzene rings is 3. The number of hydrogen-bond acceptors (Lipinski definition) is 3. The van der Waals surface area contributed by atoms with Gasteiger partial charge in [0.05, 0.1) is 5.69 Å². The largest absolute Gasteiger partial charge is 0.346 e. The molecule has 3 aromatic carbocycles. The number of anilines is 1. The summed E-state index contributed by atoms with van der Waals surface area (Å²) in [6.45, 7) is 4.44. The predicted molar refractivity (Wildman–Crippen MR) is 141 cm³/mol. The van der Waals surface area contributed by atoms with E-state index >= 15 is 0 Å². The van der Waals surface area contributed by atoms with Gasteiger partial charge in [-0.25, -0.2) is 0 Å². The summed E-state index contributed by atoms with van der Waals surface area (Å²) in [6.07, 6.45) is 4.36. The number of nitrogens with zero attached hydrogens (tertiary/aromatic N) is 2. The summed E-state index contributed by atoms with van der Waals surface area (Å²) >= 11 is 11.9. The van der Waals surface area contributed by atoms with Crippen LogP contribution in [0.3, 0.4) is 0 Å². The number of halogens is 1. The first-order valence-corrected chi connectivity index (χ1v) is 11.8. The topological polar surface area (TPSA) is 35.6 Å². The molecule has 0 atom stereocenters. The molecule has 0 amide bonds. The molecular weight excluding hydrogens is 450 g/mol. The average molecular weight is 476 g/mol. The fourth-order valence-corrected chi connectivity index (χ4v) is 4.25. The first kappa shape index (κ1) is 23.2. The van der Waals surface area contributed by atoms with Crippen molar-refractivity contribution in [3.8, 4) is 0 Å². The van der Waals surface area contributed by atoms with Gasteiger partial charge in [0.1, 0.15) is 0 Å². The third-order valence-corrected chi connectivity index (χ3v) is 6.23. The minimum atomic E-state index is -0.0848. The van der Waals surface area contributed by atoms with Crippen molar-refractivity contribution in [2.24, 2.45) is 0 Å². The number of carbonyl (C=O) groups is 1. The van der Waals surface area contributed by atoms with Crippen molar-refractivity contribution < 1.29 is 4.79 Å². The fourth-order valence-electron chi connectivity index (χ4n) is 3.79. The lowest BCUT2D eigenvalue weighted by Crippen LogP contribution is -2.49. The molecule has 168 valence electrons. The van der Waals surface area contributed by atoms with Crippen LogP contribution in [0.15, 0.2) is 84.9 Å². The smallest absolute Gasteiger partial charge is 0.195 e. The van der Waals surface area contributed by atoms with Gasteiger partial charge in [0.2, 0.25) is 0 Å². The molecule has 0 radical (unpaired) electrons. The fraction of sp³-hybridized carbons (Fsp3) is 0.185. The molecule has 1 fully saturated rings. The zero-order valence-electron chi connectivity index (χ0n) is 18.3. The molecule has 6 heteroatoms. The lowest BCUT2D eigenvalue weighted by atomic mass is 10.0. The summed E-state index contributed by atoms with van der Waals surface area (Å²) in [4.78, 5) is 17.6. The zero-order chi connectivity index (χ0) is 23.0. The molecular formula is C27H26ClN3OS. The van der Waals surface area contributed by atoms with Crippen LogP contribution in [0.25, 0.3) is 6.08 Å². The molecule has 1 aliphatic heterocycles. The Kier molecular flexibility index (Phi) is 7.89. The van der Waals surface area contributed by atoms with E-state index < -0.39 is 0 Å². The van der Waals surface area contributed by atoms with Crippen molar-refractivity contribution in [2.45, 2.75) is 0 Å². The summed E-state index contributed by atoms with van der Waals surface area (Å²) in [7, 11) is 0. The second kappa shape index (κ2) is 11.2. The van der Waals surface area contributed by atoms with E-state index in [1.165, 1.54) is 5.56 Å². The highest BCUT2D eigenvalue weighted by Crippen LogP contribution is 2.24. The van der Waals surface area contributed by atoms with Crippen LogP contribution in [-0.4, -0.2) is 53.4 Å². The molecule has 1 saturated heterocycles. The molecule has 33 heavy (non-hydrogen) atoms. The summed E-state index contributed by atoms with van der Waals surface area (Å²) in [6, 6.07) is 24.8. The van der Waals surface area contributed by atoms with Gasteiger partial charge in [-0.1, -0.05) is 84.4 Å². The first-order valence-electron chi connectivity index (χ1n) is 11.0. The van der Waals surface area contributed by atoms with Gasteiger partial charge >= 0.3 is 0 Å². The first-order chi connectivity index (χ1) is 16.1. The van der Waals surface area contributed by atoms with E-state index in [-0.39, 0.29) is 5.78 Å². The normalized spacial score (nSPS) is 14.4. The second-order valence-electron chi connectivity index (χ2n) is 7.92. The molecule has 0 unspecified atom stereocenters. The monoisotopic (exact) mass is 475 g/mol. The predicted octanol–water partition coefficient (Wildman–Crippen LogP) is 5.60. The standard InChI is InChI=1S/C27H26ClN3OS/c28-23-13-14-25(24(20-23)26(32)22-11-5-2-6-12-22)29-27(33)31-18-16-30(17-19-31)15-7-10-21-8-3-1-4-9-21/h1-14,20H,15-19H2,(H,29,33)/b10-7+. The van der Waals surface area contributed by atoms with Crippen LogP contribution in [-0.2, 0) is 0 Å². The van der Waals surface area contributed by atoms with Crippen LogP contribution in [0.1, 0.15) is 21.5 Å².